The molecule has 3 aromatic carbocycles. The Balaban J connectivity index is 1.44. The van der Waals surface area contributed by atoms with Crippen molar-refractivity contribution in [1.29, 1.82) is 0 Å². The maximum absolute atomic E-state index is 13.2. The molecular formula is C28H33N3O4S. The Morgan fingerprint density at radius 1 is 0.889 bits per heavy atom. The van der Waals surface area contributed by atoms with Crippen molar-refractivity contribution in [2.75, 3.05) is 42.9 Å². The lowest BCUT2D eigenvalue weighted by molar-refractivity contribution is 0.0746. The summed E-state index contributed by atoms with van der Waals surface area (Å²) in [5, 5.41) is 0. The Bertz CT molecular complexity index is 1320. The maximum Gasteiger partial charge on any atom is 0.261 e. The molecule has 1 aliphatic heterocycles. The Kier molecular flexibility index (Phi) is 7.26. The van der Waals surface area contributed by atoms with Crippen molar-refractivity contribution in [3.05, 3.63) is 83.9 Å². The first-order chi connectivity index (χ1) is 17.1. The number of para-hydroxylation sites is 2. The first kappa shape index (κ1) is 25.6. The van der Waals surface area contributed by atoms with Gasteiger partial charge < -0.3 is 14.5 Å². The molecule has 36 heavy (non-hydrogen) atoms. The Labute approximate surface area is 213 Å². The number of carbonyl (C=O) groups excluding carboxylic acids is 1. The lowest BCUT2D eigenvalue weighted by Gasteiger charge is -2.36. The number of ether oxygens (including phenoxy) is 1. The Morgan fingerprint density at radius 3 is 2.19 bits per heavy atom. The van der Waals surface area contributed by atoms with E-state index < -0.39 is 10.0 Å². The third kappa shape index (κ3) is 5.65. The molecule has 1 saturated heterocycles. The van der Waals surface area contributed by atoms with Crippen LogP contribution in [0.1, 0.15) is 36.7 Å². The highest BCUT2D eigenvalue weighted by Crippen LogP contribution is 2.29. The van der Waals surface area contributed by atoms with Gasteiger partial charge in [0.1, 0.15) is 5.75 Å². The van der Waals surface area contributed by atoms with Crippen molar-refractivity contribution in [3.63, 3.8) is 0 Å². The number of amides is 1. The summed E-state index contributed by atoms with van der Waals surface area (Å²) in [4.78, 5) is 17.2. The monoisotopic (exact) mass is 507 g/mol. The van der Waals surface area contributed by atoms with Crippen molar-refractivity contribution in [3.8, 4) is 5.75 Å². The average molecular weight is 508 g/mol. The van der Waals surface area contributed by atoms with Crippen molar-refractivity contribution in [1.82, 2.24) is 4.90 Å². The third-order valence-corrected chi connectivity index (χ3v) is 7.77. The van der Waals surface area contributed by atoms with Gasteiger partial charge in [-0.05, 0) is 53.4 Å². The van der Waals surface area contributed by atoms with Crippen LogP contribution in [0.5, 0.6) is 5.75 Å². The standard InChI is InChI=1S/C28H33N3O4S/c1-28(2,3)22-12-14-23(15-13-22)29-36(33,34)24-9-7-8-21(20-24)27(32)31-18-16-30(17-19-31)25-10-5-6-11-26(25)35-4/h5-15,20,29H,16-19H2,1-4H3. The second kappa shape index (κ2) is 10.2. The smallest absolute Gasteiger partial charge is 0.261 e. The van der Waals surface area contributed by atoms with Crippen LogP contribution in [0.2, 0.25) is 0 Å². The van der Waals surface area contributed by atoms with Gasteiger partial charge in [0.15, 0.2) is 0 Å². The molecule has 0 bridgehead atoms. The molecule has 1 amide bonds. The number of sulfonamides is 1. The van der Waals surface area contributed by atoms with Gasteiger partial charge in [0.25, 0.3) is 15.9 Å². The number of carbonyl (C=O) groups is 1. The molecular weight excluding hydrogens is 474 g/mol. The van der Waals surface area contributed by atoms with E-state index in [-0.39, 0.29) is 16.2 Å². The summed E-state index contributed by atoms with van der Waals surface area (Å²) in [5.41, 5.74) is 2.93. The van der Waals surface area contributed by atoms with Gasteiger partial charge in [-0.1, -0.05) is 51.1 Å². The van der Waals surface area contributed by atoms with Gasteiger partial charge >= 0.3 is 0 Å². The van der Waals surface area contributed by atoms with Crippen molar-refractivity contribution in [2.24, 2.45) is 0 Å². The highest BCUT2D eigenvalue weighted by molar-refractivity contribution is 7.92. The zero-order chi connectivity index (χ0) is 25.9. The summed E-state index contributed by atoms with van der Waals surface area (Å²) in [6.07, 6.45) is 0. The highest BCUT2D eigenvalue weighted by Gasteiger charge is 2.25. The summed E-state index contributed by atoms with van der Waals surface area (Å²) in [6.45, 7) is 8.71. The zero-order valence-electron chi connectivity index (χ0n) is 21.2. The number of anilines is 2. The van der Waals surface area contributed by atoms with Crippen LogP contribution in [-0.2, 0) is 15.4 Å². The first-order valence-electron chi connectivity index (χ1n) is 12.0. The summed E-state index contributed by atoms with van der Waals surface area (Å²) < 4.78 is 34.2. The number of hydrogen-bond acceptors (Lipinski definition) is 5. The van der Waals surface area contributed by atoms with E-state index >= 15 is 0 Å². The molecule has 0 aliphatic carbocycles. The van der Waals surface area contributed by atoms with E-state index in [4.69, 9.17) is 4.74 Å². The molecule has 0 aromatic heterocycles. The Hall–Kier alpha value is -3.52. The molecule has 0 spiro atoms. The molecule has 3 aromatic rings. The molecule has 1 heterocycles. The number of nitrogens with zero attached hydrogens (tertiary/aromatic N) is 2. The average Bonchev–Trinajstić information content (AvgIpc) is 2.88. The van der Waals surface area contributed by atoms with Crippen LogP contribution >= 0.6 is 0 Å². The SMILES string of the molecule is COc1ccccc1N1CCN(C(=O)c2cccc(S(=O)(=O)Nc3ccc(C(C)(C)C)cc3)c2)CC1. The minimum absolute atomic E-state index is 0.0231. The van der Waals surface area contributed by atoms with Crippen LogP contribution in [0.15, 0.2) is 77.7 Å². The molecule has 1 N–H and O–H groups in total. The Morgan fingerprint density at radius 2 is 1.56 bits per heavy atom. The van der Waals surface area contributed by atoms with E-state index in [0.717, 1.165) is 17.0 Å². The largest absolute Gasteiger partial charge is 0.495 e. The number of methoxy groups -OCH3 is 1. The second-order valence-corrected chi connectivity index (χ2v) is 11.6. The van der Waals surface area contributed by atoms with Gasteiger partial charge in [-0.25, -0.2) is 8.42 Å². The number of benzene rings is 3. The summed E-state index contributed by atoms with van der Waals surface area (Å²) in [6, 6.07) is 21.4. The van der Waals surface area contributed by atoms with E-state index in [0.29, 0.717) is 37.4 Å². The zero-order valence-corrected chi connectivity index (χ0v) is 22.0. The van der Waals surface area contributed by atoms with E-state index in [1.807, 2.05) is 36.4 Å². The molecule has 4 rings (SSSR count). The maximum atomic E-state index is 13.2. The van der Waals surface area contributed by atoms with Crippen LogP contribution in [0, 0.1) is 0 Å². The molecule has 190 valence electrons. The predicted molar refractivity (Wildman–Crippen MR) is 144 cm³/mol. The van der Waals surface area contributed by atoms with Gasteiger partial charge in [-0.2, -0.15) is 0 Å². The normalized spacial score (nSPS) is 14.4. The van der Waals surface area contributed by atoms with Crippen LogP contribution in [0.4, 0.5) is 11.4 Å². The minimum atomic E-state index is -3.84. The minimum Gasteiger partial charge on any atom is -0.495 e. The molecule has 0 atom stereocenters. The molecule has 1 fully saturated rings. The van der Waals surface area contributed by atoms with Gasteiger partial charge in [-0.15, -0.1) is 0 Å². The van der Waals surface area contributed by atoms with Gasteiger partial charge in [0.2, 0.25) is 0 Å². The van der Waals surface area contributed by atoms with E-state index in [9.17, 15) is 13.2 Å². The quantitative estimate of drug-likeness (QED) is 0.521. The molecule has 8 heteroatoms. The van der Waals surface area contributed by atoms with Crippen LogP contribution in [0.25, 0.3) is 0 Å². The van der Waals surface area contributed by atoms with E-state index in [1.165, 1.54) is 12.1 Å². The van der Waals surface area contributed by atoms with E-state index in [2.05, 4.69) is 30.4 Å². The van der Waals surface area contributed by atoms with Gasteiger partial charge in [-0.3, -0.25) is 9.52 Å². The third-order valence-electron chi connectivity index (χ3n) is 6.39. The van der Waals surface area contributed by atoms with Crippen molar-refractivity contribution < 1.29 is 17.9 Å². The summed E-state index contributed by atoms with van der Waals surface area (Å²) >= 11 is 0. The summed E-state index contributed by atoms with van der Waals surface area (Å²) in [7, 11) is -2.20. The number of nitrogens with one attached hydrogen (secondary N) is 1. The van der Waals surface area contributed by atoms with Gasteiger partial charge in [0, 0.05) is 37.4 Å². The topological polar surface area (TPSA) is 79.0 Å². The fourth-order valence-electron chi connectivity index (χ4n) is 4.27. The summed E-state index contributed by atoms with van der Waals surface area (Å²) in [5.74, 6) is 0.622. The number of rotatable bonds is 6. The fourth-order valence-corrected chi connectivity index (χ4v) is 5.38. The van der Waals surface area contributed by atoms with Crippen LogP contribution < -0.4 is 14.4 Å². The molecule has 0 saturated carbocycles. The lowest BCUT2D eigenvalue weighted by Crippen LogP contribution is -2.48. The fraction of sp³-hybridized carbons (Fsp3) is 0.321. The molecule has 1 aliphatic rings. The number of hydrogen-bond donors (Lipinski definition) is 1. The molecule has 0 radical (unpaired) electrons. The second-order valence-electron chi connectivity index (χ2n) is 9.91. The van der Waals surface area contributed by atoms with Crippen molar-refractivity contribution in [2.45, 2.75) is 31.1 Å². The lowest BCUT2D eigenvalue weighted by atomic mass is 9.87. The predicted octanol–water partition coefficient (Wildman–Crippen LogP) is 4.76. The molecule has 0 unspecified atom stereocenters. The molecule has 7 nitrogen and oxygen atoms in total. The van der Waals surface area contributed by atoms with Crippen LogP contribution in [-0.4, -0.2) is 52.5 Å². The highest BCUT2D eigenvalue weighted by atomic mass is 32.2. The first-order valence-corrected chi connectivity index (χ1v) is 13.5. The van der Waals surface area contributed by atoms with Crippen LogP contribution in [0.3, 0.4) is 0 Å². The van der Waals surface area contributed by atoms with Crippen molar-refractivity contribution >= 4 is 27.3 Å². The van der Waals surface area contributed by atoms with E-state index in [1.54, 1.807) is 36.3 Å². The number of piperazine rings is 1. The van der Waals surface area contributed by atoms with Gasteiger partial charge in [0.05, 0.1) is 17.7 Å².